The first-order chi connectivity index (χ1) is 8.83. The maximum atomic E-state index is 12.1. The summed E-state index contributed by atoms with van der Waals surface area (Å²) >= 11 is 0. The highest BCUT2D eigenvalue weighted by molar-refractivity contribution is 5.75. The first-order valence-electron chi connectivity index (χ1n) is 5.69. The van der Waals surface area contributed by atoms with Gasteiger partial charge in [0.1, 0.15) is 0 Å². The summed E-state index contributed by atoms with van der Waals surface area (Å²) in [4.78, 5) is 20.2. The van der Waals surface area contributed by atoms with E-state index in [-0.39, 0.29) is 5.56 Å². The monoisotopic (exact) mass is 249 g/mol. The maximum Gasteiger partial charge on any atom is 0.261 e. The largest absolute Gasteiger partial charge is 0.382 e. The number of ether oxygens (including phenoxy) is 2. The molecule has 0 aliphatic heterocycles. The Morgan fingerprint density at radius 1 is 1.33 bits per heavy atom. The van der Waals surface area contributed by atoms with E-state index in [4.69, 9.17) is 9.47 Å². The highest BCUT2D eigenvalue weighted by atomic mass is 16.5. The van der Waals surface area contributed by atoms with E-state index < -0.39 is 0 Å². The van der Waals surface area contributed by atoms with Gasteiger partial charge in [0.15, 0.2) is 0 Å². The van der Waals surface area contributed by atoms with Gasteiger partial charge in [0.05, 0.1) is 49.8 Å². The molecule has 2 rings (SSSR count). The molecule has 0 N–H and O–H groups in total. The molecule has 6 nitrogen and oxygen atoms in total. The van der Waals surface area contributed by atoms with Crippen LogP contribution in [0.5, 0.6) is 0 Å². The summed E-state index contributed by atoms with van der Waals surface area (Å²) in [5.74, 6) is 0. The van der Waals surface area contributed by atoms with Gasteiger partial charge in [-0.1, -0.05) is 0 Å². The molecule has 0 fully saturated rings. The second-order valence-electron chi connectivity index (χ2n) is 3.74. The van der Waals surface area contributed by atoms with Crippen molar-refractivity contribution >= 4 is 10.9 Å². The molecule has 2 aromatic rings. The van der Waals surface area contributed by atoms with Gasteiger partial charge in [0.2, 0.25) is 0 Å². The normalized spacial score (nSPS) is 10.9. The van der Waals surface area contributed by atoms with Gasteiger partial charge >= 0.3 is 0 Å². The maximum absolute atomic E-state index is 12.1. The van der Waals surface area contributed by atoms with Crippen molar-refractivity contribution in [3.8, 4) is 0 Å². The number of pyridine rings is 1. The van der Waals surface area contributed by atoms with E-state index in [2.05, 4.69) is 9.97 Å². The summed E-state index contributed by atoms with van der Waals surface area (Å²) < 4.78 is 11.7. The van der Waals surface area contributed by atoms with Crippen LogP contribution < -0.4 is 5.56 Å². The van der Waals surface area contributed by atoms with Crippen molar-refractivity contribution < 1.29 is 9.47 Å². The molecule has 0 radical (unpaired) electrons. The third-order valence-electron chi connectivity index (χ3n) is 2.54. The first-order valence-corrected chi connectivity index (χ1v) is 5.69. The molecule has 6 heteroatoms. The Balaban J connectivity index is 2.05. The summed E-state index contributed by atoms with van der Waals surface area (Å²) in [5, 5.41) is 0.574. The van der Waals surface area contributed by atoms with E-state index in [0.29, 0.717) is 37.3 Å². The Hall–Kier alpha value is -1.79. The SMILES string of the molecule is COCCOCCn1cnc2cnccc2c1=O. The van der Waals surface area contributed by atoms with Gasteiger partial charge in [-0.3, -0.25) is 14.3 Å². The van der Waals surface area contributed by atoms with Crippen molar-refractivity contribution in [1.29, 1.82) is 0 Å². The molecule has 18 heavy (non-hydrogen) atoms. The van der Waals surface area contributed by atoms with Crippen molar-refractivity contribution in [2.75, 3.05) is 26.9 Å². The lowest BCUT2D eigenvalue weighted by molar-refractivity contribution is 0.0662. The molecule has 2 heterocycles. The van der Waals surface area contributed by atoms with Crippen LogP contribution in [0.15, 0.2) is 29.6 Å². The minimum atomic E-state index is -0.0715. The van der Waals surface area contributed by atoms with Gasteiger partial charge in [-0.2, -0.15) is 0 Å². The van der Waals surface area contributed by atoms with Crippen LogP contribution >= 0.6 is 0 Å². The van der Waals surface area contributed by atoms with Crippen molar-refractivity contribution in [2.24, 2.45) is 0 Å². The van der Waals surface area contributed by atoms with E-state index in [0.717, 1.165) is 0 Å². The Morgan fingerprint density at radius 3 is 3.06 bits per heavy atom. The summed E-state index contributed by atoms with van der Waals surface area (Å²) in [6.45, 7) is 2.02. The molecule has 0 spiro atoms. The van der Waals surface area contributed by atoms with Gasteiger partial charge in [0.25, 0.3) is 5.56 Å². The fourth-order valence-corrected chi connectivity index (χ4v) is 1.58. The van der Waals surface area contributed by atoms with Crippen LogP contribution in [-0.4, -0.2) is 41.5 Å². The fraction of sp³-hybridized carbons (Fsp3) is 0.417. The lowest BCUT2D eigenvalue weighted by atomic mass is 10.3. The zero-order valence-corrected chi connectivity index (χ0v) is 10.2. The van der Waals surface area contributed by atoms with Crippen molar-refractivity contribution in [1.82, 2.24) is 14.5 Å². The molecular formula is C12H15N3O3. The molecule has 0 aliphatic rings. The zero-order chi connectivity index (χ0) is 12.8. The van der Waals surface area contributed by atoms with E-state index in [9.17, 15) is 4.79 Å². The van der Waals surface area contributed by atoms with Crippen LogP contribution in [0.3, 0.4) is 0 Å². The Morgan fingerprint density at radius 2 is 2.22 bits per heavy atom. The molecule has 0 unspecified atom stereocenters. The Kier molecular flexibility index (Phi) is 4.38. The molecule has 0 saturated heterocycles. The van der Waals surface area contributed by atoms with E-state index in [1.54, 1.807) is 25.6 Å². The van der Waals surface area contributed by atoms with Crippen molar-refractivity contribution in [2.45, 2.75) is 6.54 Å². The smallest absolute Gasteiger partial charge is 0.261 e. The lowest BCUT2D eigenvalue weighted by Crippen LogP contribution is -2.23. The summed E-state index contributed by atoms with van der Waals surface area (Å²) in [6, 6.07) is 1.67. The minimum Gasteiger partial charge on any atom is -0.382 e. The second kappa shape index (κ2) is 6.23. The summed E-state index contributed by atoms with van der Waals surface area (Å²) in [5.41, 5.74) is 0.539. The average molecular weight is 249 g/mol. The quantitative estimate of drug-likeness (QED) is 0.696. The molecule has 96 valence electrons. The summed E-state index contributed by atoms with van der Waals surface area (Å²) in [7, 11) is 1.62. The minimum absolute atomic E-state index is 0.0715. The van der Waals surface area contributed by atoms with E-state index in [1.165, 1.54) is 10.9 Å². The molecule has 0 bridgehead atoms. The predicted molar refractivity (Wildman–Crippen MR) is 66.5 cm³/mol. The predicted octanol–water partition coefficient (Wildman–Crippen LogP) is 0.454. The Labute approximate surface area is 104 Å². The standard InChI is InChI=1S/C12H15N3O3/c1-17-6-7-18-5-4-15-9-14-11-8-13-3-2-10(11)12(15)16/h2-3,8-9H,4-7H2,1H3. The van der Waals surface area contributed by atoms with Gasteiger partial charge < -0.3 is 9.47 Å². The van der Waals surface area contributed by atoms with E-state index in [1.807, 2.05) is 0 Å². The van der Waals surface area contributed by atoms with Crippen LogP contribution in [-0.2, 0) is 16.0 Å². The number of fused-ring (bicyclic) bond motifs is 1. The van der Waals surface area contributed by atoms with Gasteiger partial charge in [0, 0.05) is 13.3 Å². The summed E-state index contributed by atoms with van der Waals surface area (Å²) in [6.07, 6.45) is 4.69. The fourth-order valence-electron chi connectivity index (χ4n) is 1.58. The topological polar surface area (TPSA) is 66.2 Å². The number of hydrogen-bond acceptors (Lipinski definition) is 5. The van der Waals surface area contributed by atoms with Crippen LogP contribution in [0.1, 0.15) is 0 Å². The average Bonchev–Trinajstić information content (AvgIpc) is 2.41. The number of hydrogen-bond donors (Lipinski definition) is 0. The van der Waals surface area contributed by atoms with Crippen molar-refractivity contribution in [3.05, 3.63) is 35.1 Å². The lowest BCUT2D eigenvalue weighted by Gasteiger charge is -2.07. The number of rotatable bonds is 6. The molecule has 0 amide bonds. The van der Waals surface area contributed by atoms with Crippen LogP contribution in [0.4, 0.5) is 0 Å². The molecular weight excluding hydrogens is 234 g/mol. The third kappa shape index (κ3) is 2.91. The molecule has 0 aliphatic carbocycles. The van der Waals surface area contributed by atoms with Crippen LogP contribution in [0.25, 0.3) is 10.9 Å². The van der Waals surface area contributed by atoms with Gasteiger partial charge in [-0.05, 0) is 6.07 Å². The first kappa shape index (κ1) is 12.7. The number of nitrogens with zero attached hydrogens (tertiary/aromatic N) is 3. The van der Waals surface area contributed by atoms with E-state index >= 15 is 0 Å². The van der Waals surface area contributed by atoms with Crippen LogP contribution in [0.2, 0.25) is 0 Å². The number of methoxy groups -OCH3 is 1. The Bertz CT molecular complexity index is 568. The van der Waals surface area contributed by atoms with Gasteiger partial charge in [-0.15, -0.1) is 0 Å². The molecule has 0 saturated carbocycles. The molecule has 2 aromatic heterocycles. The zero-order valence-electron chi connectivity index (χ0n) is 10.2. The van der Waals surface area contributed by atoms with Crippen LogP contribution in [0, 0.1) is 0 Å². The van der Waals surface area contributed by atoms with Crippen molar-refractivity contribution in [3.63, 3.8) is 0 Å². The third-order valence-corrected chi connectivity index (χ3v) is 2.54. The number of aromatic nitrogens is 3. The molecule has 0 aromatic carbocycles. The highest BCUT2D eigenvalue weighted by Crippen LogP contribution is 2.02. The van der Waals surface area contributed by atoms with Gasteiger partial charge in [-0.25, -0.2) is 4.98 Å². The highest BCUT2D eigenvalue weighted by Gasteiger charge is 2.03. The molecule has 0 atom stereocenters. The second-order valence-corrected chi connectivity index (χ2v) is 3.74.